The standard InChI is InChI=1S/C22H25N3O3/c1-5-24(6-2)22-23-19-13-17(21(27)28-4)11-12-18(19)20(26)25(22)14-16-9-7-15(3)8-10-16/h7-13H,5-6,14H2,1-4H3. The molecule has 0 amide bonds. The van der Waals surface area contributed by atoms with Gasteiger partial charge in [0.1, 0.15) is 0 Å². The number of carbonyl (C=O) groups excluding carboxylic acids is 1. The molecule has 28 heavy (non-hydrogen) atoms. The van der Waals surface area contributed by atoms with E-state index in [0.717, 1.165) is 18.7 Å². The summed E-state index contributed by atoms with van der Waals surface area (Å²) in [5.41, 5.74) is 2.96. The van der Waals surface area contributed by atoms with Gasteiger partial charge >= 0.3 is 5.97 Å². The fourth-order valence-corrected chi connectivity index (χ4v) is 3.22. The Hall–Kier alpha value is -3.15. The van der Waals surface area contributed by atoms with Gasteiger partial charge in [-0.05, 0) is 44.5 Å². The Morgan fingerprint density at radius 3 is 2.39 bits per heavy atom. The highest BCUT2D eigenvalue weighted by atomic mass is 16.5. The van der Waals surface area contributed by atoms with Crippen molar-refractivity contribution in [1.82, 2.24) is 9.55 Å². The minimum atomic E-state index is -0.447. The molecule has 0 saturated heterocycles. The van der Waals surface area contributed by atoms with E-state index in [-0.39, 0.29) is 5.56 Å². The van der Waals surface area contributed by atoms with Crippen molar-refractivity contribution in [2.24, 2.45) is 0 Å². The molecule has 0 unspecified atom stereocenters. The van der Waals surface area contributed by atoms with Crippen LogP contribution in [-0.4, -0.2) is 35.7 Å². The van der Waals surface area contributed by atoms with Gasteiger partial charge in [-0.15, -0.1) is 0 Å². The summed E-state index contributed by atoms with van der Waals surface area (Å²) in [4.78, 5) is 31.9. The van der Waals surface area contributed by atoms with Crippen LogP contribution in [0.25, 0.3) is 10.9 Å². The first-order chi connectivity index (χ1) is 13.5. The fourth-order valence-electron chi connectivity index (χ4n) is 3.22. The first-order valence-corrected chi connectivity index (χ1v) is 9.41. The first kappa shape index (κ1) is 19.6. The summed E-state index contributed by atoms with van der Waals surface area (Å²) in [7, 11) is 1.33. The largest absolute Gasteiger partial charge is 0.465 e. The summed E-state index contributed by atoms with van der Waals surface area (Å²) in [5, 5.41) is 0.482. The average molecular weight is 379 g/mol. The van der Waals surface area contributed by atoms with Crippen LogP contribution < -0.4 is 10.5 Å². The minimum absolute atomic E-state index is 0.121. The third-order valence-corrected chi connectivity index (χ3v) is 4.86. The van der Waals surface area contributed by atoms with Gasteiger partial charge in [0, 0.05) is 13.1 Å². The molecular weight excluding hydrogens is 354 g/mol. The summed E-state index contributed by atoms with van der Waals surface area (Å²) in [6.45, 7) is 7.97. The highest BCUT2D eigenvalue weighted by molar-refractivity contribution is 5.94. The van der Waals surface area contributed by atoms with Crippen molar-refractivity contribution in [3.8, 4) is 0 Å². The van der Waals surface area contributed by atoms with Crippen LogP contribution in [0.1, 0.15) is 35.3 Å². The van der Waals surface area contributed by atoms with E-state index in [4.69, 9.17) is 9.72 Å². The summed E-state index contributed by atoms with van der Waals surface area (Å²) < 4.78 is 6.49. The molecule has 3 rings (SSSR count). The van der Waals surface area contributed by atoms with Crippen LogP contribution in [0.5, 0.6) is 0 Å². The Labute approximate surface area is 164 Å². The third-order valence-electron chi connectivity index (χ3n) is 4.86. The van der Waals surface area contributed by atoms with E-state index in [1.807, 2.05) is 49.9 Å². The Kier molecular flexibility index (Phi) is 5.78. The minimum Gasteiger partial charge on any atom is -0.465 e. The smallest absolute Gasteiger partial charge is 0.337 e. The van der Waals surface area contributed by atoms with Crippen molar-refractivity contribution < 1.29 is 9.53 Å². The molecule has 2 aromatic carbocycles. The number of fused-ring (bicyclic) bond motifs is 1. The number of aromatic nitrogens is 2. The van der Waals surface area contributed by atoms with Crippen molar-refractivity contribution in [1.29, 1.82) is 0 Å². The number of methoxy groups -OCH3 is 1. The van der Waals surface area contributed by atoms with Crippen LogP contribution in [0, 0.1) is 6.92 Å². The Morgan fingerprint density at radius 2 is 1.79 bits per heavy atom. The lowest BCUT2D eigenvalue weighted by Crippen LogP contribution is -2.33. The van der Waals surface area contributed by atoms with E-state index in [1.165, 1.54) is 12.7 Å². The number of esters is 1. The lowest BCUT2D eigenvalue weighted by atomic mass is 10.1. The number of ether oxygens (including phenoxy) is 1. The monoisotopic (exact) mass is 379 g/mol. The van der Waals surface area contributed by atoms with Crippen molar-refractivity contribution in [3.63, 3.8) is 0 Å². The lowest BCUT2D eigenvalue weighted by molar-refractivity contribution is 0.0601. The molecule has 1 heterocycles. The summed E-state index contributed by atoms with van der Waals surface area (Å²) in [5.74, 6) is 0.155. The molecular formula is C22H25N3O3. The number of aryl methyl sites for hydroxylation is 1. The lowest BCUT2D eigenvalue weighted by Gasteiger charge is -2.24. The predicted octanol–water partition coefficient (Wildman–Crippen LogP) is 3.39. The average Bonchev–Trinajstić information content (AvgIpc) is 2.72. The number of carbonyl (C=O) groups is 1. The topological polar surface area (TPSA) is 64.4 Å². The number of rotatable bonds is 6. The summed E-state index contributed by atoms with van der Waals surface area (Å²) >= 11 is 0. The maximum absolute atomic E-state index is 13.3. The zero-order valence-corrected chi connectivity index (χ0v) is 16.7. The van der Waals surface area contributed by atoms with Gasteiger partial charge < -0.3 is 9.64 Å². The molecule has 0 fully saturated rings. The van der Waals surface area contributed by atoms with E-state index in [2.05, 4.69) is 0 Å². The summed E-state index contributed by atoms with van der Waals surface area (Å²) in [6.07, 6.45) is 0. The zero-order chi connectivity index (χ0) is 20.3. The van der Waals surface area contributed by atoms with Crippen molar-refractivity contribution in [3.05, 3.63) is 69.5 Å². The molecule has 1 aromatic heterocycles. The van der Waals surface area contributed by atoms with Gasteiger partial charge in [-0.2, -0.15) is 0 Å². The van der Waals surface area contributed by atoms with E-state index in [9.17, 15) is 9.59 Å². The van der Waals surface area contributed by atoms with Crippen molar-refractivity contribution in [2.45, 2.75) is 27.3 Å². The molecule has 0 radical (unpaired) electrons. The molecule has 0 aliphatic rings. The molecule has 0 saturated carbocycles. The van der Waals surface area contributed by atoms with Gasteiger partial charge in [0.15, 0.2) is 0 Å². The van der Waals surface area contributed by atoms with Crippen LogP contribution in [0.3, 0.4) is 0 Å². The van der Waals surface area contributed by atoms with Gasteiger partial charge in [-0.1, -0.05) is 29.8 Å². The predicted molar refractivity (Wildman–Crippen MR) is 111 cm³/mol. The van der Waals surface area contributed by atoms with Gasteiger partial charge in [0.05, 0.1) is 30.1 Å². The van der Waals surface area contributed by atoms with Crippen LogP contribution in [0.4, 0.5) is 5.95 Å². The summed E-state index contributed by atoms with van der Waals surface area (Å²) in [6, 6.07) is 13.0. The van der Waals surface area contributed by atoms with E-state index in [1.54, 1.807) is 22.8 Å². The van der Waals surface area contributed by atoms with Gasteiger partial charge in [0.2, 0.25) is 5.95 Å². The molecule has 0 N–H and O–H groups in total. The van der Waals surface area contributed by atoms with Crippen LogP contribution in [-0.2, 0) is 11.3 Å². The quantitative estimate of drug-likeness (QED) is 0.614. The molecule has 3 aromatic rings. The molecule has 6 heteroatoms. The van der Waals surface area contributed by atoms with Crippen LogP contribution in [0.2, 0.25) is 0 Å². The van der Waals surface area contributed by atoms with Crippen LogP contribution in [0.15, 0.2) is 47.3 Å². The number of benzene rings is 2. The third kappa shape index (κ3) is 3.76. The van der Waals surface area contributed by atoms with Gasteiger partial charge in [-0.25, -0.2) is 9.78 Å². The highest BCUT2D eigenvalue weighted by Gasteiger charge is 2.17. The number of anilines is 1. The van der Waals surface area contributed by atoms with Crippen molar-refractivity contribution in [2.75, 3.05) is 25.1 Å². The molecule has 6 nitrogen and oxygen atoms in total. The van der Waals surface area contributed by atoms with E-state index < -0.39 is 5.97 Å². The normalized spacial score (nSPS) is 10.9. The van der Waals surface area contributed by atoms with E-state index >= 15 is 0 Å². The zero-order valence-electron chi connectivity index (χ0n) is 16.7. The molecule has 0 bridgehead atoms. The number of hydrogen-bond acceptors (Lipinski definition) is 5. The second-order valence-corrected chi connectivity index (χ2v) is 6.68. The molecule has 146 valence electrons. The van der Waals surface area contributed by atoms with Gasteiger partial charge in [-0.3, -0.25) is 9.36 Å². The molecule has 0 aliphatic carbocycles. The van der Waals surface area contributed by atoms with E-state index in [0.29, 0.717) is 29.0 Å². The number of hydrogen-bond donors (Lipinski definition) is 0. The van der Waals surface area contributed by atoms with Crippen molar-refractivity contribution >= 4 is 22.8 Å². The molecule has 0 atom stereocenters. The second kappa shape index (κ2) is 8.25. The number of nitrogens with zero attached hydrogens (tertiary/aromatic N) is 3. The SMILES string of the molecule is CCN(CC)c1nc2cc(C(=O)OC)ccc2c(=O)n1Cc1ccc(C)cc1. The Morgan fingerprint density at radius 1 is 1.11 bits per heavy atom. The van der Waals surface area contributed by atoms with Crippen LogP contribution >= 0.6 is 0 Å². The van der Waals surface area contributed by atoms with Gasteiger partial charge in [0.25, 0.3) is 5.56 Å². The molecule has 0 spiro atoms. The Bertz CT molecular complexity index is 1050. The maximum atomic E-state index is 13.3. The maximum Gasteiger partial charge on any atom is 0.337 e. The molecule has 0 aliphatic heterocycles. The second-order valence-electron chi connectivity index (χ2n) is 6.68. The highest BCUT2D eigenvalue weighted by Crippen LogP contribution is 2.18. The Balaban J connectivity index is 2.20. The first-order valence-electron chi connectivity index (χ1n) is 9.41. The fraction of sp³-hybridized carbons (Fsp3) is 0.318.